The molecular weight excluding hydrogens is 360 g/mol. The molecule has 2 amide bonds. The van der Waals surface area contributed by atoms with Crippen molar-refractivity contribution in [3.05, 3.63) is 36.2 Å². The number of benzene rings is 1. The van der Waals surface area contributed by atoms with Crippen LogP contribution in [-0.2, 0) is 4.79 Å². The molecule has 1 aliphatic carbocycles. The van der Waals surface area contributed by atoms with Gasteiger partial charge in [0.15, 0.2) is 11.5 Å². The Balaban J connectivity index is 1.53. The van der Waals surface area contributed by atoms with E-state index < -0.39 is 0 Å². The molecule has 1 aromatic heterocycles. The van der Waals surface area contributed by atoms with Gasteiger partial charge in [0.2, 0.25) is 5.91 Å². The van der Waals surface area contributed by atoms with E-state index in [0.717, 1.165) is 19.3 Å². The molecule has 2 fully saturated rings. The van der Waals surface area contributed by atoms with Gasteiger partial charge in [-0.05, 0) is 31.0 Å². The lowest BCUT2D eigenvalue weighted by Crippen LogP contribution is -2.50. The SMILES string of the molecule is COc1cc(C(=O)N2CC(n3cccn3)C2)cc(NC(=O)C2CCC2)c1OC. The minimum Gasteiger partial charge on any atom is -0.493 e. The van der Waals surface area contributed by atoms with E-state index in [1.807, 2.05) is 16.9 Å². The van der Waals surface area contributed by atoms with Gasteiger partial charge >= 0.3 is 0 Å². The highest BCUT2D eigenvalue weighted by Gasteiger charge is 2.34. The molecule has 1 aromatic carbocycles. The Morgan fingerprint density at radius 1 is 1.18 bits per heavy atom. The fraction of sp³-hybridized carbons (Fsp3) is 0.450. The number of nitrogens with one attached hydrogen (secondary N) is 1. The van der Waals surface area contributed by atoms with E-state index in [-0.39, 0.29) is 23.8 Å². The summed E-state index contributed by atoms with van der Waals surface area (Å²) >= 11 is 0. The third-order valence-corrected chi connectivity index (χ3v) is 5.51. The van der Waals surface area contributed by atoms with Crippen molar-refractivity contribution < 1.29 is 19.1 Å². The second-order valence-corrected chi connectivity index (χ2v) is 7.23. The van der Waals surface area contributed by atoms with Crippen molar-refractivity contribution in [2.24, 2.45) is 5.92 Å². The molecule has 1 aliphatic heterocycles. The normalized spacial score (nSPS) is 16.9. The van der Waals surface area contributed by atoms with Crippen LogP contribution in [0.25, 0.3) is 0 Å². The Morgan fingerprint density at radius 2 is 1.96 bits per heavy atom. The van der Waals surface area contributed by atoms with Gasteiger partial charge in [0.25, 0.3) is 5.91 Å². The summed E-state index contributed by atoms with van der Waals surface area (Å²) < 4.78 is 12.7. The number of hydrogen-bond acceptors (Lipinski definition) is 5. The second kappa shape index (κ2) is 7.53. The Labute approximate surface area is 163 Å². The standard InChI is InChI=1S/C20H24N4O4/c1-27-17-10-14(20(26)23-11-15(12-23)24-8-4-7-21-24)9-16(18(17)28-2)22-19(25)13-5-3-6-13/h4,7-10,13,15H,3,5-6,11-12H2,1-2H3,(H,22,25). The molecule has 2 aromatic rings. The average molecular weight is 384 g/mol. The Morgan fingerprint density at radius 3 is 2.54 bits per heavy atom. The van der Waals surface area contributed by atoms with E-state index in [2.05, 4.69) is 10.4 Å². The minimum absolute atomic E-state index is 0.0280. The summed E-state index contributed by atoms with van der Waals surface area (Å²) in [5, 5.41) is 7.14. The number of anilines is 1. The van der Waals surface area contributed by atoms with Crippen LogP contribution in [0.4, 0.5) is 5.69 Å². The zero-order valence-electron chi connectivity index (χ0n) is 16.1. The van der Waals surface area contributed by atoms with Gasteiger partial charge < -0.3 is 19.7 Å². The van der Waals surface area contributed by atoms with Gasteiger partial charge in [-0.2, -0.15) is 5.10 Å². The Kier molecular flexibility index (Phi) is 4.93. The van der Waals surface area contributed by atoms with E-state index >= 15 is 0 Å². The number of amides is 2. The van der Waals surface area contributed by atoms with Crippen LogP contribution in [0.3, 0.4) is 0 Å². The number of hydrogen-bond donors (Lipinski definition) is 1. The van der Waals surface area contributed by atoms with E-state index in [1.165, 1.54) is 14.2 Å². The lowest BCUT2D eigenvalue weighted by Gasteiger charge is -2.39. The quantitative estimate of drug-likeness (QED) is 0.826. The fourth-order valence-electron chi connectivity index (χ4n) is 3.55. The maximum atomic E-state index is 12.9. The number of rotatable bonds is 6. The van der Waals surface area contributed by atoms with Gasteiger partial charge in [-0.3, -0.25) is 14.3 Å². The highest BCUT2D eigenvalue weighted by molar-refractivity contribution is 6.00. The average Bonchev–Trinajstić information content (AvgIpc) is 3.12. The summed E-state index contributed by atoms with van der Waals surface area (Å²) in [5.74, 6) is 0.717. The summed E-state index contributed by atoms with van der Waals surface area (Å²) in [6.07, 6.45) is 6.50. The molecule has 0 radical (unpaired) electrons. The molecule has 1 N–H and O–H groups in total. The molecular formula is C20H24N4O4. The highest BCUT2D eigenvalue weighted by Crippen LogP contribution is 2.38. The van der Waals surface area contributed by atoms with Crippen molar-refractivity contribution in [3.8, 4) is 11.5 Å². The first-order valence-electron chi connectivity index (χ1n) is 9.46. The van der Waals surface area contributed by atoms with Crippen LogP contribution in [0.5, 0.6) is 11.5 Å². The molecule has 2 aliphatic rings. The van der Waals surface area contributed by atoms with Crippen LogP contribution in [0.1, 0.15) is 35.7 Å². The number of likely N-dealkylation sites (tertiary alicyclic amines) is 1. The Bertz CT molecular complexity index is 871. The van der Waals surface area contributed by atoms with E-state index in [0.29, 0.717) is 35.8 Å². The van der Waals surface area contributed by atoms with Crippen LogP contribution in [0.2, 0.25) is 0 Å². The van der Waals surface area contributed by atoms with Crippen LogP contribution in [-0.4, -0.2) is 53.8 Å². The lowest BCUT2D eigenvalue weighted by molar-refractivity contribution is -0.122. The van der Waals surface area contributed by atoms with Gasteiger partial charge in [-0.25, -0.2) is 0 Å². The van der Waals surface area contributed by atoms with E-state index in [4.69, 9.17) is 9.47 Å². The summed E-state index contributed by atoms with van der Waals surface area (Å²) in [5.41, 5.74) is 0.923. The largest absolute Gasteiger partial charge is 0.493 e. The molecule has 1 saturated carbocycles. The lowest BCUT2D eigenvalue weighted by atomic mass is 9.85. The van der Waals surface area contributed by atoms with E-state index in [1.54, 1.807) is 23.2 Å². The number of ether oxygens (including phenoxy) is 2. The third kappa shape index (κ3) is 3.30. The maximum Gasteiger partial charge on any atom is 0.254 e. The topological polar surface area (TPSA) is 85.7 Å². The molecule has 8 nitrogen and oxygen atoms in total. The molecule has 1 saturated heterocycles. The molecule has 148 valence electrons. The Hall–Kier alpha value is -3.03. The van der Waals surface area contributed by atoms with E-state index in [9.17, 15) is 9.59 Å². The number of nitrogens with zero attached hydrogens (tertiary/aromatic N) is 3. The first-order chi connectivity index (χ1) is 13.6. The van der Waals surface area contributed by atoms with Gasteiger partial charge in [0.05, 0.1) is 25.9 Å². The predicted molar refractivity (Wildman–Crippen MR) is 103 cm³/mol. The molecule has 0 spiro atoms. The molecule has 4 rings (SSSR count). The van der Waals surface area contributed by atoms with Crippen molar-refractivity contribution in [2.75, 3.05) is 32.6 Å². The van der Waals surface area contributed by atoms with Crippen molar-refractivity contribution in [2.45, 2.75) is 25.3 Å². The van der Waals surface area contributed by atoms with Crippen LogP contribution >= 0.6 is 0 Å². The predicted octanol–water partition coefficient (Wildman–Crippen LogP) is 2.34. The van der Waals surface area contributed by atoms with Crippen molar-refractivity contribution in [1.82, 2.24) is 14.7 Å². The van der Waals surface area contributed by atoms with Gasteiger partial charge in [0, 0.05) is 37.0 Å². The number of carbonyl (C=O) groups excluding carboxylic acids is 2. The summed E-state index contributed by atoms with van der Waals surface area (Å²) in [6.45, 7) is 1.19. The first-order valence-corrected chi connectivity index (χ1v) is 9.46. The molecule has 0 atom stereocenters. The zero-order chi connectivity index (χ0) is 19.7. The van der Waals surface area contributed by atoms with Crippen LogP contribution in [0, 0.1) is 5.92 Å². The smallest absolute Gasteiger partial charge is 0.254 e. The summed E-state index contributed by atoms with van der Waals surface area (Å²) in [6, 6.07) is 5.38. The molecule has 8 heteroatoms. The first kappa shape index (κ1) is 18.3. The van der Waals surface area contributed by atoms with Crippen molar-refractivity contribution in [1.29, 1.82) is 0 Å². The molecule has 28 heavy (non-hydrogen) atoms. The highest BCUT2D eigenvalue weighted by atomic mass is 16.5. The van der Waals surface area contributed by atoms with Gasteiger partial charge in [-0.1, -0.05) is 6.42 Å². The summed E-state index contributed by atoms with van der Waals surface area (Å²) in [7, 11) is 3.03. The number of methoxy groups -OCH3 is 2. The monoisotopic (exact) mass is 384 g/mol. The maximum absolute atomic E-state index is 12.9. The van der Waals surface area contributed by atoms with Crippen molar-refractivity contribution >= 4 is 17.5 Å². The number of carbonyl (C=O) groups is 2. The van der Waals surface area contributed by atoms with Gasteiger partial charge in [-0.15, -0.1) is 0 Å². The van der Waals surface area contributed by atoms with Crippen molar-refractivity contribution in [3.63, 3.8) is 0 Å². The fourth-order valence-corrected chi connectivity index (χ4v) is 3.55. The third-order valence-electron chi connectivity index (χ3n) is 5.51. The molecule has 2 heterocycles. The van der Waals surface area contributed by atoms with Crippen LogP contribution in [0.15, 0.2) is 30.6 Å². The summed E-state index contributed by atoms with van der Waals surface area (Å²) in [4.78, 5) is 27.1. The molecule has 0 unspecified atom stereocenters. The van der Waals surface area contributed by atoms with Gasteiger partial charge in [0.1, 0.15) is 0 Å². The molecule has 0 bridgehead atoms. The minimum atomic E-state index is -0.108. The number of aromatic nitrogens is 2. The second-order valence-electron chi connectivity index (χ2n) is 7.23. The van der Waals surface area contributed by atoms with Crippen LogP contribution < -0.4 is 14.8 Å². The zero-order valence-corrected chi connectivity index (χ0v) is 16.1.